The Morgan fingerprint density at radius 1 is 1.42 bits per heavy atom. The summed E-state index contributed by atoms with van der Waals surface area (Å²) in [5.74, 6) is -2.41. The van der Waals surface area contributed by atoms with Crippen molar-refractivity contribution in [1.29, 1.82) is 0 Å². The van der Waals surface area contributed by atoms with Crippen LogP contribution in [0, 0.1) is 11.6 Å². The maximum Gasteiger partial charge on any atom is 0.309 e. The lowest BCUT2D eigenvalue weighted by atomic mass is 10.2. The fraction of sp³-hybridized carbons (Fsp3) is 0.167. The lowest BCUT2D eigenvalue weighted by Gasteiger charge is -2.01. The van der Waals surface area contributed by atoms with Gasteiger partial charge in [0.25, 0.3) is 0 Å². The second-order valence-corrected chi connectivity index (χ2v) is 5.76. The van der Waals surface area contributed by atoms with E-state index in [1.165, 1.54) is 35.2 Å². The number of halogens is 2. The van der Waals surface area contributed by atoms with Crippen LogP contribution in [0.15, 0.2) is 27.9 Å². The van der Waals surface area contributed by atoms with E-state index in [0.29, 0.717) is 10.0 Å². The minimum atomic E-state index is -0.946. The normalized spacial score (nSPS) is 10.6. The van der Waals surface area contributed by atoms with Crippen molar-refractivity contribution in [3.05, 3.63) is 46.5 Å². The average Bonchev–Trinajstić information content (AvgIpc) is 2.78. The molecule has 0 fully saturated rings. The number of thioether (sulfide) groups is 1. The van der Waals surface area contributed by atoms with E-state index < -0.39 is 17.6 Å². The van der Waals surface area contributed by atoms with Gasteiger partial charge in [-0.25, -0.2) is 13.8 Å². The molecule has 0 saturated carbocycles. The first-order valence-corrected chi connectivity index (χ1v) is 7.14. The molecule has 0 aliphatic rings. The Morgan fingerprint density at radius 3 is 2.95 bits per heavy atom. The van der Waals surface area contributed by atoms with Crippen LogP contribution in [0.3, 0.4) is 0 Å². The molecule has 1 aromatic carbocycles. The molecular weight excluding hydrogens is 292 g/mol. The molecule has 100 valence electrons. The van der Waals surface area contributed by atoms with Gasteiger partial charge in [0.05, 0.1) is 12.1 Å². The third-order valence-corrected chi connectivity index (χ3v) is 4.36. The zero-order valence-corrected chi connectivity index (χ0v) is 11.2. The van der Waals surface area contributed by atoms with Gasteiger partial charge in [-0.1, -0.05) is 23.9 Å². The molecule has 0 unspecified atom stereocenters. The topological polar surface area (TPSA) is 50.2 Å². The molecule has 0 aliphatic carbocycles. The molecule has 0 atom stereocenters. The maximum atomic E-state index is 13.4. The third kappa shape index (κ3) is 3.74. The number of hydrogen-bond donors (Lipinski definition) is 1. The van der Waals surface area contributed by atoms with Gasteiger partial charge < -0.3 is 5.11 Å². The number of nitrogens with zero attached hydrogens (tertiary/aromatic N) is 1. The van der Waals surface area contributed by atoms with E-state index >= 15 is 0 Å². The molecule has 0 amide bonds. The van der Waals surface area contributed by atoms with Crippen LogP contribution in [-0.4, -0.2) is 16.1 Å². The third-order valence-electron chi connectivity index (χ3n) is 2.25. The SMILES string of the molecule is O=C(O)Cc1csc(SCc2cccc(F)c2F)n1. The fourth-order valence-electron chi connectivity index (χ4n) is 1.39. The Hall–Kier alpha value is -1.47. The minimum absolute atomic E-state index is 0.134. The molecule has 2 rings (SSSR count). The molecule has 0 aliphatic heterocycles. The monoisotopic (exact) mass is 301 g/mol. The first kappa shape index (κ1) is 14.0. The van der Waals surface area contributed by atoms with E-state index in [-0.39, 0.29) is 17.7 Å². The van der Waals surface area contributed by atoms with Crippen LogP contribution in [0.4, 0.5) is 8.78 Å². The van der Waals surface area contributed by atoms with Gasteiger partial charge in [0.2, 0.25) is 0 Å². The second kappa shape index (κ2) is 6.12. The molecular formula is C12H9F2NO2S2. The first-order valence-electron chi connectivity index (χ1n) is 5.28. The molecule has 0 saturated heterocycles. The van der Waals surface area contributed by atoms with Gasteiger partial charge in [0.1, 0.15) is 4.34 Å². The molecule has 1 N–H and O–H groups in total. The number of hydrogen-bond acceptors (Lipinski definition) is 4. The van der Waals surface area contributed by atoms with Crippen LogP contribution >= 0.6 is 23.1 Å². The van der Waals surface area contributed by atoms with Crippen molar-refractivity contribution in [2.45, 2.75) is 16.5 Å². The number of carboxylic acid groups (broad SMARTS) is 1. The molecule has 0 radical (unpaired) electrons. The van der Waals surface area contributed by atoms with Gasteiger partial charge in [-0.3, -0.25) is 4.79 Å². The highest BCUT2D eigenvalue weighted by molar-refractivity contribution is 8.00. The lowest BCUT2D eigenvalue weighted by molar-refractivity contribution is -0.136. The number of aromatic nitrogens is 1. The maximum absolute atomic E-state index is 13.4. The van der Waals surface area contributed by atoms with E-state index in [1.54, 1.807) is 5.38 Å². The van der Waals surface area contributed by atoms with E-state index in [1.807, 2.05) is 0 Å². The van der Waals surface area contributed by atoms with Crippen LogP contribution in [0.2, 0.25) is 0 Å². The highest BCUT2D eigenvalue weighted by atomic mass is 32.2. The van der Waals surface area contributed by atoms with Crippen molar-refractivity contribution in [1.82, 2.24) is 4.98 Å². The van der Waals surface area contributed by atoms with Gasteiger partial charge in [-0.05, 0) is 6.07 Å². The first-order chi connectivity index (χ1) is 9.06. The summed E-state index contributed by atoms with van der Waals surface area (Å²) in [5, 5.41) is 10.3. The zero-order chi connectivity index (χ0) is 13.8. The summed E-state index contributed by atoms with van der Waals surface area (Å²) in [7, 11) is 0. The molecule has 0 spiro atoms. The molecule has 1 aromatic heterocycles. The van der Waals surface area contributed by atoms with E-state index in [4.69, 9.17) is 5.11 Å². The largest absolute Gasteiger partial charge is 0.481 e. The number of thiazole rings is 1. The summed E-state index contributed by atoms with van der Waals surface area (Å²) in [6.45, 7) is 0. The summed E-state index contributed by atoms with van der Waals surface area (Å²) in [4.78, 5) is 14.6. The minimum Gasteiger partial charge on any atom is -0.481 e. The van der Waals surface area contributed by atoms with E-state index in [9.17, 15) is 13.6 Å². The molecule has 7 heteroatoms. The van der Waals surface area contributed by atoms with E-state index in [2.05, 4.69) is 4.98 Å². The molecule has 1 heterocycles. The fourth-order valence-corrected chi connectivity index (χ4v) is 3.21. The number of aliphatic carboxylic acids is 1. The zero-order valence-electron chi connectivity index (χ0n) is 9.60. The lowest BCUT2D eigenvalue weighted by Crippen LogP contribution is -1.99. The van der Waals surface area contributed by atoms with Gasteiger partial charge in [0, 0.05) is 16.7 Å². The number of carbonyl (C=O) groups is 1. The Bertz CT molecular complexity index is 601. The van der Waals surface area contributed by atoms with Gasteiger partial charge >= 0.3 is 5.97 Å². The van der Waals surface area contributed by atoms with Crippen molar-refractivity contribution < 1.29 is 18.7 Å². The molecule has 0 bridgehead atoms. The standard InChI is InChI=1S/C12H9F2NO2S2/c13-9-3-1-2-7(11(9)14)5-18-12-15-8(6-19-12)4-10(16)17/h1-3,6H,4-5H2,(H,16,17). The van der Waals surface area contributed by atoms with Crippen molar-refractivity contribution in [3.8, 4) is 0 Å². The summed E-state index contributed by atoms with van der Waals surface area (Å²) < 4.78 is 27.0. The Balaban J connectivity index is 2.00. The van der Waals surface area contributed by atoms with Crippen LogP contribution < -0.4 is 0 Å². The number of rotatable bonds is 5. The van der Waals surface area contributed by atoms with Crippen molar-refractivity contribution in [2.75, 3.05) is 0 Å². The predicted molar refractivity (Wildman–Crippen MR) is 69.4 cm³/mol. The van der Waals surface area contributed by atoms with Crippen molar-refractivity contribution in [3.63, 3.8) is 0 Å². The average molecular weight is 301 g/mol. The van der Waals surface area contributed by atoms with Gasteiger partial charge in [-0.15, -0.1) is 11.3 Å². The van der Waals surface area contributed by atoms with Crippen LogP contribution in [0.5, 0.6) is 0 Å². The van der Waals surface area contributed by atoms with Crippen molar-refractivity contribution in [2.24, 2.45) is 0 Å². The van der Waals surface area contributed by atoms with Crippen LogP contribution in [-0.2, 0) is 17.0 Å². The van der Waals surface area contributed by atoms with Crippen LogP contribution in [0.1, 0.15) is 11.3 Å². The smallest absolute Gasteiger partial charge is 0.309 e. The second-order valence-electron chi connectivity index (χ2n) is 3.68. The summed E-state index contributed by atoms with van der Waals surface area (Å²) >= 11 is 2.55. The Labute approximate surface area is 116 Å². The van der Waals surface area contributed by atoms with Gasteiger partial charge in [-0.2, -0.15) is 0 Å². The Morgan fingerprint density at radius 2 is 2.21 bits per heavy atom. The number of carboxylic acids is 1. The summed E-state index contributed by atoms with van der Waals surface area (Å²) in [6, 6.07) is 4.03. The van der Waals surface area contributed by atoms with Crippen molar-refractivity contribution >= 4 is 29.1 Å². The van der Waals surface area contributed by atoms with Gasteiger partial charge in [0.15, 0.2) is 11.6 Å². The molecule has 3 nitrogen and oxygen atoms in total. The quantitative estimate of drug-likeness (QED) is 0.861. The highest BCUT2D eigenvalue weighted by Gasteiger charge is 2.10. The predicted octanol–water partition coefficient (Wildman–Crippen LogP) is 3.34. The Kier molecular flexibility index (Phi) is 4.49. The summed E-state index contributed by atoms with van der Waals surface area (Å²) in [6.07, 6.45) is -0.134. The number of benzene rings is 1. The summed E-state index contributed by atoms with van der Waals surface area (Å²) in [5.41, 5.74) is 0.736. The molecule has 2 aromatic rings. The highest BCUT2D eigenvalue weighted by Crippen LogP contribution is 2.27. The molecule has 19 heavy (non-hydrogen) atoms. The van der Waals surface area contributed by atoms with E-state index in [0.717, 1.165) is 6.07 Å². The van der Waals surface area contributed by atoms with Crippen LogP contribution in [0.25, 0.3) is 0 Å².